The molecule has 0 saturated heterocycles. The van der Waals surface area contributed by atoms with Crippen molar-refractivity contribution < 1.29 is 17.6 Å². The molecule has 0 spiro atoms. The quantitative estimate of drug-likeness (QED) is 0.833. The van der Waals surface area contributed by atoms with Gasteiger partial charge in [0, 0.05) is 5.02 Å². The van der Waals surface area contributed by atoms with Crippen LogP contribution in [0.3, 0.4) is 0 Å². The van der Waals surface area contributed by atoms with Crippen molar-refractivity contribution in [1.29, 1.82) is 0 Å². The summed E-state index contributed by atoms with van der Waals surface area (Å²) in [5.41, 5.74) is 1.74. The lowest BCUT2D eigenvalue weighted by Crippen LogP contribution is -2.44. The summed E-state index contributed by atoms with van der Waals surface area (Å²) in [6.07, 6.45) is 2.93. The molecule has 1 N–H and O–H groups in total. The number of sulfone groups is 1. The lowest BCUT2D eigenvalue weighted by molar-refractivity contribution is -0.122. The molecule has 142 valence electrons. The minimum absolute atomic E-state index is 0.0923. The highest BCUT2D eigenvalue weighted by Gasteiger charge is 2.61. The Kier molecular flexibility index (Phi) is 4.51. The number of aryl methyl sites for hydroxylation is 1. The van der Waals surface area contributed by atoms with E-state index in [1.807, 2.05) is 0 Å². The van der Waals surface area contributed by atoms with Crippen molar-refractivity contribution in [2.45, 2.75) is 47.8 Å². The summed E-state index contributed by atoms with van der Waals surface area (Å²) in [6, 6.07) is 10.1. The summed E-state index contributed by atoms with van der Waals surface area (Å²) >= 11 is 5.84. The van der Waals surface area contributed by atoms with E-state index in [2.05, 4.69) is 5.32 Å². The normalized spacial score (nSPS) is 20.6. The Labute approximate surface area is 162 Å². The average Bonchev–Trinajstić information content (AvgIpc) is 3.45. The first-order chi connectivity index (χ1) is 12.8. The largest absolute Gasteiger partial charge is 0.348 e. The van der Waals surface area contributed by atoms with Crippen molar-refractivity contribution in [1.82, 2.24) is 5.32 Å². The third-order valence-electron chi connectivity index (χ3n) is 5.48. The molecule has 0 heterocycles. The van der Waals surface area contributed by atoms with Gasteiger partial charge in [-0.2, -0.15) is 0 Å². The molecule has 2 aliphatic carbocycles. The van der Waals surface area contributed by atoms with Gasteiger partial charge in [-0.3, -0.25) is 4.79 Å². The molecule has 2 aromatic carbocycles. The molecule has 1 saturated carbocycles. The first-order valence-corrected chi connectivity index (χ1v) is 10.8. The molecule has 0 unspecified atom stereocenters. The van der Waals surface area contributed by atoms with E-state index in [-0.39, 0.29) is 29.6 Å². The van der Waals surface area contributed by atoms with E-state index in [4.69, 9.17) is 11.6 Å². The van der Waals surface area contributed by atoms with Crippen LogP contribution >= 0.6 is 11.6 Å². The standard InChI is InChI=1S/C20H19ClFNO3S/c21-14-5-8-16(9-6-14)27(25,26)20(10-11-20)19(24)23-18-3-1-2-13-4-7-15(22)12-17(13)18/h4-9,12,18H,1-3,10-11H2,(H,23,24)/t18-/m0/s1. The van der Waals surface area contributed by atoms with E-state index in [1.54, 1.807) is 6.07 Å². The zero-order valence-electron chi connectivity index (χ0n) is 14.5. The summed E-state index contributed by atoms with van der Waals surface area (Å²) in [7, 11) is -3.82. The minimum atomic E-state index is -3.82. The van der Waals surface area contributed by atoms with Crippen LogP contribution in [0.1, 0.15) is 42.9 Å². The van der Waals surface area contributed by atoms with Crippen LogP contribution in [0.25, 0.3) is 0 Å². The lowest BCUT2D eigenvalue weighted by atomic mass is 9.87. The van der Waals surface area contributed by atoms with E-state index < -0.39 is 20.5 Å². The molecule has 0 bridgehead atoms. The number of halogens is 2. The van der Waals surface area contributed by atoms with E-state index in [1.165, 1.54) is 36.4 Å². The van der Waals surface area contributed by atoms with Crippen molar-refractivity contribution in [3.05, 3.63) is 64.4 Å². The first-order valence-electron chi connectivity index (χ1n) is 8.93. The van der Waals surface area contributed by atoms with Crippen LogP contribution in [0.5, 0.6) is 0 Å². The van der Waals surface area contributed by atoms with Gasteiger partial charge in [-0.05, 0) is 79.6 Å². The molecule has 4 rings (SSSR count). The summed E-state index contributed by atoms with van der Waals surface area (Å²) < 4.78 is 38.3. The van der Waals surface area contributed by atoms with Crippen molar-refractivity contribution in [3.8, 4) is 0 Å². The molecule has 0 aromatic heterocycles. The Balaban J connectivity index is 1.61. The molecule has 4 nitrogen and oxygen atoms in total. The van der Waals surface area contributed by atoms with Gasteiger partial charge in [-0.25, -0.2) is 12.8 Å². The Hall–Kier alpha value is -1.92. The van der Waals surface area contributed by atoms with Gasteiger partial charge in [0.15, 0.2) is 14.6 Å². The summed E-state index contributed by atoms with van der Waals surface area (Å²) in [4.78, 5) is 13.1. The number of amides is 1. The van der Waals surface area contributed by atoms with Crippen molar-refractivity contribution in [2.75, 3.05) is 0 Å². The van der Waals surface area contributed by atoms with Crippen LogP contribution < -0.4 is 5.32 Å². The Morgan fingerprint density at radius 3 is 2.52 bits per heavy atom. The molecular formula is C20H19ClFNO3S. The van der Waals surface area contributed by atoms with Gasteiger partial charge in [0.25, 0.3) is 0 Å². The van der Waals surface area contributed by atoms with Gasteiger partial charge in [0.2, 0.25) is 5.91 Å². The van der Waals surface area contributed by atoms with Crippen molar-refractivity contribution in [3.63, 3.8) is 0 Å². The highest BCUT2D eigenvalue weighted by atomic mass is 35.5. The van der Waals surface area contributed by atoms with Crippen LogP contribution in [-0.4, -0.2) is 19.1 Å². The molecule has 2 aromatic rings. The van der Waals surface area contributed by atoms with E-state index >= 15 is 0 Å². The third kappa shape index (κ3) is 3.15. The molecule has 0 radical (unpaired) electrons. The van der Waals surface area contributed by atoms with E-state index in [0.29, 0.717) is 11.4 Å². The predicted octanol–water partition coefficient (Wildman–Crippen LogP) is 3.98. The zero-order chi connectivity index (χ0) is 19.2. The van der Waals surface area contributed by atoms with Crippen LogP contribution in [-0.2, 0) is 21.1 Å². The second-order valence-corrected chi connectivity index (χ2v) is 9.91. The van der Waals surface area contributed by atoms with Gasteiger partial charge in [-0.1, -0.05) is 17.7 Å². The van der Waals surface area contributed by atoms with E-state index in [0.717, 1.165) is 24.0 Å². The third-order valence-corrected chi connectivity index (χ3v) is 8.25. The fraction of sp³-hybridized carbons (Fsp3) is 0.350. The molecule has 1 amide bonds. The second kappa shape index (κ2) is 6.60. The summed E-state index contributed by atoms with van der Waals surface area (Å²) in [5.74, 6) is -0.857. The monoisotopic (exact) mass is 407 g/mol. The number of hydrogen-bond donors (Lipinski definition) is 1. The average molecular weight is 408 g/mol. The Morgan fingerprint density at radius 2 is 1.85 bits per heavy atom. The minimum Gasteiger partial charge on any atom is -0.348 e. The Bertz CT molecular complexity index is 1000. The van der Waals surface area contributed by atoms with Gasteiger partial charge < -0.3 is 5.32 Å². The van der Waals surface area contributed by atoms with Crippen LogP contribution in [0.4, 0.5) is 4.39 Å². The number of rotatable bonds is 4. The SMILES string of the molecule is O=C(N[C@H]1CCCc2ccc(F)cc21)C1(S(=O)(=O)c2ccc(Cl)cc2)CC1. The fourth-order valence-electron chi connectivity index (χ4n) is 3.78. The molecule has 1 fully saturated rings. The lowest BCUT2D eigenvalue weighted by Gasteiger charge is -2.28. The molecular weight excluding hydrogens is 389 g/mol. The topological polar surface area (TPSA) is 63.2 Å². The number of nitrogens with one attached hydrogen (secondary N) is 1. The highest BCUT2D eigenvalue weighted by Crippen LogP contribution is 2.47. The second-order valence-electron chi connectivity index (χ2n) is 7.21. The highest BCUT2D eigenvalue weighted by molar-refractivity contribution is 7.94. The molecule has 2 aliphatic rings. The van der Waals surface area contributed by atoms with Crippen molar-refractivity contribution in [2.24, 2.45) is 0 Å². The molecule has 27 heavy (non-hydrogen) atoms. The number of carbonyl (C=O) groups is 1. The first kappa shape index (κ1) is 18.4. The predicted molar refractivity (Wildman–Crippen MR) is 101 cm³/mol. The summed E-state index contributed by atoms with van der Waals surface area (Å²) in [5, 5.41) is 3.32. The molecule has 0 aliphatic heterocycles. The van der Waals surface area contributed by atoms with Crippen molar-refractivity contribution >= 4 is 27.3 Å². The van der Waals surface area contributed by atoms with Crippen LogP contribution in [0.15, 0.2) is 47.4 Å². The van der Waals surface area contributed by atoms with Gasteiger partial charge >= 0.3 is 0 Å². The van der Waals surface area contributed by atoms with Gasteiger partial charge in [-0.15, -0.1) is 0 Å². The summed E-state index contributed by atoms with van der Waals surface area (Å²) in [6.45, 7) is 0. The molecule has 1 atom stereocenters. The maximum absolute atomic E-state index is 13.7. The number of benzene rings is 2. The van der Waals surface area contributed by atoms with Gasteiger partial charge in [0.1, 0.15) is 5.82 Å². The maximum atomic E-state index is 13.7. The molecule has 7 heteroatoms. The number of carbonyl (C=O) groups excluding carboxylic acids is 1. The maximum Gasteiger partial charge on any atom is 0.242 e. The van der Waals surface area contributed by atoms with Gasteiger partial charge in [0.05, 0.1) is 10.9 Å². The fourth-order valence-corrected chi connectivity index (χ4v) is 5.79. The zero-order valence-corrected chi connectivity index (χ0v) is 16.1. The smallest absolute Gasteiger partial charge is 0.242 e. The Morgan fingerprint density at radius 1 is 1.15 bits per heavy atom. The number of hydrogen-bond acceptors (Lipinski definition) is 3. The van der Waals surface area contributed by atoms with Crippen LogP contribution in [0.2, 0.25) is 5.02 Å². The number of fused-ring (bicyclic) bond motifs is 1. The van der Waals surface area contributed by atoms with Crippen LogP contribution in [0, 0.1) is 5.82 Å². The van der Waals surface area contributed by atoms with E-state index in [9.17, 15) is 17.6 Å².